The first-order valence-electron chi connectivity index (χ1n) is 6.51. The number of carbonyl (C=O) groups is 1. The molecule has 0 fully saturated rings. The zero-order chi connectivity index (χ0) is 16.3. The average Bonchev–Trinajstić information content (AvgIpc) is 2.28. The van der Waals surface area contributed by atoms with Crippen molar-refractivity contribution in [2.24, 2.45) is 5.41 Å². The molecule has 7 heteroatoms. The maximum absolute atomic E-state index is 12.1. The number of anilines is 1. The van der Waals surface area contributed by atoms with E-state index in [1.54, 1.807) is 6.92 Å². The fourth-order valence-electron chi connectivity index (χ4n) is 1.71. The van der Waals surface area contributed by atoms with Gasteiger partial charge in [0.25, 0.3) is 0 Å². The van der Waals surface area contributed by atoms with Crippen LogP contribution in [0.2, 0.25) is 0 Å². The quantitative estimate of drug-likeness (QED) is 0.797. The van der Waals surface area contributed by atoms with E-state index in [2.05, 4.69) is 20.7 Å². The second kappa shape index (κ2) is 6.79. The number of ether oxygens (including phenoxy) is 1. The van der Waals surface area contributed by atoms with Crippen molar-refractivity contribution >= 4 is 37.6 Å². The average molecular weight is 378 g/mol. The molecule has 5 nitrogen and oxygen atoms in total. The zero-order valence-corrected chi connectivity index (χ0v) is 15.0. The lowest BCUT2D eigenvalue weighted by molar-refractivity contribution is 0.0526. The summed E-state index contributed by atoms with van der Waals surface area (Å²) in [7, 11) is -3.45. The number of hydrogen-bond donors (Lipinski definition) is 1. The predicted octanol–water partition coefficient (Wildman–Crippen LogP) is 3.41. The molecule has 1 N–H and O–H groups in total. The summed E-state index contributed by atoms with van der Waals surface area (Å²) in [5, 5.41) is 0. The number of nitrogens with one attached hydrogen (secondary N) is 1. The number of esters is 1. The minimum absolute atomic E-state index is 0.00602. The highest BCUT2D eigenvalue weighted by Gasteiger charge is 2.22. The Labute approximate surface area is 134 Å². The van der Waals surface area contributed by atoms with Crippen LogP contribution in [-0.2, 0) is 14.8 Å². The van der Waals surface area contributed by atoms with Gasteiger partial charge in [-0.3, -0.25) is 4.72 Å². The van der Waals surface area contributed by atoms with Gasteiger partial charge in [-0.1, -0.05) is 20.8 Å². The van der Waals surface area contributed by atoms with Crippen LogP contribution in [0.5, 0.6) is 0 Å². The predicted molar refractivity (Wildman–Crippen MR) is 87.0 cm³/mol. The van der Waals surface area contributed by atoms with Crippen LogP contribution in [0, 0.1) is 5.41 Å². The fourth-order valence-corrected chi connectivity index (χ4v) is 4.05. The first-order chi connectivity index (χ1) is 9.54. The van der Waals surface area contributed by atoms with Crippen molar-refractivity contribution < 1.29 is 17.9 Å². The molecule has 1 aromatic carbocycles. The molecule has 0 unspecified atom stereocenters. The Kier molecular flexibility index (Phi) is 5.81. The fraction of sp³-hybridized carbons (Fsp3) is 0.500. The normalized spacial score (nSPS) is 12.0. The molecule has 0 aromatic heterocycles. The van der Waals surface area contributed by atoms with Gasteiger partial charge in [-0.2, -0.15) is 0 Å². The summed E-state index contributed by atoms with van der Waals surface area (Å²) in [5.74, 6) is -0.436. The van der Waals surface area contributed by atoms with Gasteiger partial charge in [0.05, 0.1) is 23.6 Å². The molecule has 1 aromatic rings. The second-order valence-corrected chi connectivity index (χ2v) is 8.41. The summed E-state index contributed by atoms with van der Waals surface area (Å²) in [4.78, 5) is 11.6. The number of halogens is 1. The summed E-state index contributed by atoms with van der Waals surface area (Å²) >= 11 is 3.26. The van der Waals surface area contributed by atoms with Crippen molar-refractivity contribution in [1.82, 2.24) is 0 Å². The minimum Gasteiger partial charge on any atom is -0.462 e. The Hall–Kier alpha value is -1.08. The smallest absolute Gasteiger partial charge is 0.338 e. The molecule has 1 rings (SSSR count). The molecule has 0 spiro atoms. The van der Waals surface area contributed by atoms with Crippen LogP contribution in [0.1, 0.15) is 38.1 Å². The maximum Gasteiger partial charge on any atom is 0.338 e. The van der Waals surface area contributed by atoms with E-state index in [0.29, 0.717) is 15.7 Å². The third kappa shape index (κ3) is 6.05. The van der Waals surface area contributed by atoms with E-state index in [4.69, 9.17) is 4.74 Å². The molecule has 0 atom stereocenters. The van der Waals surface area contributed by atoms with Gasteiger partial charge in [0.15, 0.2) is 0 Å². The molecule has 0 amide bonds. The SMILES string of the molecule is CCOC(=O)c1ccc(NS(=O)(=O)CC(C)(C)C)c(Br)c1. The molecule has 0 aliphatic heterocycles. The summed E-state index contributed by atoms with van der Waals surface area (Å²) in [6.07, 6.45) is 0. The molecule has 0 saturated carbocycles. The Balaban J connectivity index is 2.94. The highest BCUT2D eigenvalue weighted by atomic mass is 79.9. The Morgan fingerprint density at radius 1 is 1.33 bits per heavy atom. The van der Waals surface area contributed by atoms with E-state index in [0.717, 1.165) is 0 Å². The monoisotopic (exact) mass is 377 g/mol. The largest absolute Gasteiger partial charge is 0.462 e. The van der Waals surface area contributed by atoms with E-state index >= 15 is 0 Å². The summed E-state index contributed by atoms with van der Waals surface area (Å²) in [5.41, 5.74) is 0.415. The van der Waals surface area contributed by atoms with Crippen LogP contribution >= 0.6 is 15.9 Å². The van der Waals surface area contributed by atoms with Gasteiger partial charge in [-0.05, 0) is 46.5 Å². The van der Waals surface area contributed by atoms with Crippen molar-refractivity contribution in [3.05, 3.63) is 28.2 Å². The number of rotatable bonds is 5. The summed E-state index contributed by atoms with van der Waals surface area (Å²) in [6.45, 7) is 7.57. The van der Waals surface area contributed by atoms with Gasteiger partial charge < -0.3 is 4.74 Å². The van der Waals surface area contributed by atoms with E-state index in [9.17, 15) is 13.2 Å². The maximum atomic E-state index is 12.1. The van der Waals surface area contributed by atoms with Gasteiger partial charge in [0.1, 0.15) is 0 Å². The number of carbonyl (C=O) groups excluding carboxylic acids is 1. The Morgan fingerprint density at radius 2 is 1.95 bits per heavy atom. The van der Waals surface area contributed by atoms with Crippen LogP contribution in [-0.4, -0.2) is 26.7 Å². The van der Waals surface area contributed by atoms with Crippen molar-refractivity contribution in [3.8, 4) is 0 Å². The van der Waals surface area contributed by atoms with E-state index in [1.165, 1.54) is 18.2 Å². The topological polar surface area (TPSA) is 72.5 Å². The number of benzene rings is 1. The van der Waals surface area contributed by atoms with Gasteiger partial charge in [0.2, 0.25) is 10.0 Å². The Morgan fingerprint density at radius 3 is 2.43 bits per heavy atom. The lowest BCUT2D eigenvalue weighted by atomic mass is 10.0. The van der Waals surface area contributed by atoms with Gasteiger partial charge in [0, 0.05) is 4.47 Å². The lowest BCUT2D eigenvalue weighted by Crippen LogP contribution is -2.26. The van der Waals surface area contributed by atoms with Crippen molar-refractivity contribution in [3.63, 3.8) is 0 Å². The minimum atomic E-state index is -3.45. The molecule has 0 saturated heterocycles. The molecule has 118 valence electrons. The molecule has 0 aliphatic rings. The molecule has 0 radical (unpaired) electrons. The molecule has 21 heavy (non-hydrogen) atoms. The van der Waals surface area contributed by atoms with Gasteiger partial charge >= 0.3 is 5.97 Å². The third-order valence-electron chi connectivity index (χ3n) is 2.37. The third-order valence-corrected chi connectivity index (χ3v) is 4.80. The van der Waals surface area contributed by atoms with E-state index in [1.807, 2.05) is 20.8 Å². The van der Waals surface area contributed by atoms with E-state index in [-0.39, 0.29) is 17.8 Å². The van der Waals surface area contributed by atoms with Crippen LogP contribution < -0.4 is 4.72 Å². The molecular weight excluding hydrogens is 358 g/mol. The van der Waals surface area contributed by atoms with Crippen molar-refractivity contribution in [1.29, 1.82) is 0 Å². The molecule has 0 bridgehead atoms. The zero-order valence-electron chi connectivity index (χ0n) is 12.6. The van der Waals surface area contributed by atoms with Crippen LogP contribution in [0.25, 0.3) is 0 Å². The number of hydrogen-bond acceptors (Lipinski definition) is 4. The lowest BCUT2D eigenvalue weighted by Gasteiger charge is -2.19. The second-order valence-electron chi connectivity index (χ2n) is 5.84. The van der Waals surface area contributed by atoms with Gasteiger partial charge in [-0.15, -0.1) is 0 Å². The van der Waals surface area contributed by atoms with Crippen molar-refractivity contribution in [2.75, 3.05) is 17.1 Å². The van der Waals surface area contributed by atoms with E-state index < -0.39 is 16.0 Å². The van der Waals surface area contributed by atoms with Crippen LogP contribution in [0.15, 0.2) is 22.7 Å². The highest BCUT2D eigenvalue weighted by Crippen LogP contribution is 2.26. The first kappa shape index (κ1) is 18.0. The van der Waals surface area contributed by atoms with Crippen LogP contribution in [0.3, 0.4) is 0 Å². The summed E-state index contributed by atoms with van der Waals surface area (Å²) in [6, 6.07) is 4.60. The standard InChI is InChI=1S/C14H20BrNO4S/c1-5-20-13(17)10-6-7-12(11(15)8-10)16-21(18,19)9-14(2,3)4/h6-8,16H,5,9H2,1-4H3. The van der Waals surface area contributed by atoms with Crippen molar-refractivity contribution in [2.45, 2.75) is 27.7 Å². The first-order valence-corrected chi connectivity index (χ1v) is 8.96. The molecular formula is C14H20BrNO4S. The number of sulfonamides is 1. The summed E-state index contributed by atoms with van der Waals surface area (Å²) < 4.78 is 32.0. The highest BCUT2D eigenvalue weighted by molar-refractivity contribution is 9.10. The molecule has 0 aliphatic carbocycles. The van der Waals surface area contributed by atoms with Crippen LogP contribution in [0.4, 0.5) is 5.69 Å². The Bertz CT molecular complexity index is 620. The van der Waals surface area contributed by atoms with Gasteiger partial charge in [-0.25, -0.2) is 13.2 Å². The molecule has 0 heterocycles.